The van der Waals surface area contributed by atoms with Crippen LogP contribution in [0.1, 0.15) is 21.5 Å². The van der Waals surface area contributed by atoms with Crippen LogP contribution in [0.25, 0.3) is 0 Å². The van der Waals surface area contributed by atoms with Crippen molar-refractivity contribution >= 4 is 27.6 Å². The Morgan fingerprint density at radius 1 is 1.23 bits per heavy atom. The highest BCUT2D eigenvalue weighted by Crippen LogP contribution is 2.22. The Labute approximate surface area is 156 Å². The lowest BCUT2D eigenvalue weighted by Gasteiger charge is -2.11. The Kier molecular flexibility index (Phi) is 6.21. The fourth-order valence-corrected chi connectivity index (χ4v) is 3.36. The summed E-state index contributed by atoms with van der Waals surface area (Å²) in [6.07, 6.45) is 0. The second kappa shape index (κ2) is 8.19. The third-order valence-electron chi connectivity index (χ3n) is 3.50. The first-order chi connectivity index (χ1) is 12.3. The van der Waals surface area contributed by atoms with Gasteiger partial charge in [0.1, 0.15) is 17.4 Å². The number of hydrogen-bond acceptors (Lipinski definition) is 6. The maximum atomic E-state index is 12.4. The summed E-state index contributed by atoms with van der Waals surface area (Å²) in [6, 6.07) is 10.3. The van der Waals surface area contributed by atoms with E-state index in [0.29, 0.717) is 11.3 Å². The smallest absolute Gasteiger partial charge is 0.341 e. The highest BCUT2D eigenvalue weighted by Gasteiger charge is 2.17. The molecule has 26 heavy (non-hydrogen) atoms. The van der Waals surface area contributed by atoms with Gasteiger partial charge in [-0.05, 0) is 35.9 Å². The van der Waals surface area contributed by atoms with Crippen molar-refractivity contribution in [2.75, 3.05) is 14.2 Å². The van der Waals surface area contributed by atoms with Gasteiger partial charge in [0.15, 0.2) is 0 Å². The summed E-state index contributed by atoms with van der Waals surface area (Å²) < 4.78 is 37.0. The number of sulfonamides is 1. The van der Waals surface area contributed by atoms with Gasteiger partial charge in [0.2, 0.25) is 10.0 Å². The van der Waals surface area contributed by atoms with E-state index in [1.165, 1.54) is 38.5 Å². The Morgan fingerprint density at radius 3 is 2.58 bits per heavy atom. The quantitative estimate of drug-likeness (QED) is 0.754. The van der Waals surface area contributed by atoms with Crippen molar-refractivity contribution in [2.24, 2.45) is 0 Å². The number of methoxy groups -OCH3 is 2. The van der Waals surface area contributed by atoms with E-state index in [2.05, 4.69) is 9.46 Å². The van der Waals surface area contributed by atoms with Gasteiger partial charge in [-0.25, -0.2) is 17.9 Å². The number of nitrogens with zero attached hydrogens (tertiary/aromatic N) is 1. The summed E-state index contributed by atoms with van der Waals surface area (Å²) in [5.74, 6) is -0.275. The molecule has 0 aliphatic carbocycles. The number of esters is 1. The first kappa shape index (κ1) is 19.7. The molecule has 7 nitrogen and oxygen atoms in total. The molecule has 2 aromatic rings. The van der Waals surface area contributed by atoms with Crippen molar-refractivity contribution in [3.63, 3.8) is 0 Å². The molecule has 0 atom stereocenters. The second-order valence-electron chi connectivity index (χ2n) is 5.10. The molecule has 2 aromatic carbocycles. The van der Waals surface area contributed by atoms with Crippen LogP contribution in [0, 0.1) is 11.3 Å². The number of rotatable bonds is 6. The van der Waals surface area contributed by atoms with Crippen molar-refractivity contribution < 1.29 is 22.7 Å². The zero-order valence-electron chi connectivity index (χ0n) is 13.9. The predicted molar refractivity (Wildman–Crippen MR) is 94.5 cm³/mol. The van der Waals surface area contributed by atoms with Gasteiger partial charge in [-0.15, -0.1) is 0 Å². The van der Waals surface area contributed by atoms with E-state index in [4.69, 9.17) is 21.6 Å². The van der Waals surface area contributed by atoms with Crippen molar-refractivity contribution in [3.8, 4) is 11.8 Å². The molecule has 0 radical (unpaired) electrons. The molecule has 0 spiro atoms. The lowest BCUT2D eigenvalue weighted by atomic mass is 10.1. The predicted octanol–water partition coefficient (Wildman–Crippen LogP) is 2.49. The fraction of sp³-hybridized carbons (Fsp3) is 0.176. The Hall–Kier alpha value is -2.60. The maximum Gasteiger partial charge on any atom is 0.341 e. The largest absolute Gasteiger partial charge is 0.496 e. The topological polar surface area (TPSA) is 105 Å². The van der Waals surface area contributed by atoms with Gasteiger partial charge in [-0.2, -0.15) is 5.26 Å². The van der Waals surface area contributed by atoms with E-state index in [9.17, 15) is 13.2 Å². The van der Waals surface area contributed by atoms with Crippen molar-refractivity contribution in [2.45, 2.75) is 11.4 Å². The summed E-state index contributed by atoms with van der Waals surface area (Å²) in [7, 11) is -1.21. The van der Waals surface area contributed by atoms with Crippen molar-refractivity contribution in [1.29, 1.82) is 5.26 Å². The van der Waals surface area contributed by atoms with Gasteiger partial charge in [-0.1, -0.05) is 17.7 Å². The SMILES string of the molecule is COC(=O)c1cc(CNS(=O)(=O)c2ccc(Cl)c(C#N)c2)ccc1OC. The summed E-state index contributed by atoms with van der Waals surface area (Å²) in [5.41, 5.74) is 0.779. The van der Waals surface area contributed by atoms with Gasteiger partial charge < -0.3 is 9.47 Å². The van der Waals surface area contributed by atoms with Crippen LogP contribution in [0.3, 0.4) is 0 Å². The molecular weight excluding hydrogens is 380 g/mol. The minimum absolute atomic E-state index is 0.0620. The molecule has 0 heterocycles. The Morgan fingerprint density at radius 2 is 1.96 bits per heavy atom. The molecule has 9 heteroatoms. The van der Waals surface area contributed by atoms with Crippen LogP contribution < -0.4 is 9.46 Å². The zero-order chi connectivity index (χ0) is 19.3. The first-order valence-corrected chi connectivity index (χ1v) is 9.13. The zero-order valence-corrected chi connectivity index (χ0v) is 15.5. The summed E-state index contributed by atoms with van der Waals surface area (Å²) in [6.45, 7) is -0.0686. The summed E-state index contributed by atoms with van der Waals surface area (Å²) >= 11 is 5.82. The van der Waals surface area contributed by atoms with Crippen LogP contribution in [0.5, 0.6) is 5.75 Å². The van der Waals surface area contributed by atoms with Gasteiger partial charge in [0.25, 0.3) is 0 Å². The van der Waals surface area contributed by atoms with Crippen LogP contribution in [-0.4, -0.2) is 28.6 Å². The van der Waals surface area contributed by atoms with Crippen LogP contribution in [-0.2, 0) is 21.3 Å². The van der Waals surface area contributed by atoms with E-state index in [0.717, 1.165) is 0 Å². The van der Waals surface area contributed by atoms with E-state index < -0.39 is 16.0 Å². The Balaban J connectivity index is 2.25. The lowest BCUT2D eigenvalue weighted by Crippen LogP contribution is -2.23. The number of hydrogen-bond donors (Lipinski definition) is 1. The lowest BCUT2D eigenvalue weighted by molar-refractivity contribution is 0.0597. The third-order valence-corrected chi connectivity index (χ3v) is 5.23. The molecule has 2 rings (SSSR count). The molecule has 136 valence electrons. The Bertz CT molecular complexity index is 983. The fourth-order valence-electron chi connectivity index (χ4n) is 2.15. The molecular formula is C17H15ClN2O5S. The highest BCUT2D eigenvalue weighted by atomic mass is 35.5. The molecule has 0 aliphatic rings. The average molecular weight is 395 g/mol. The molecule has 0 amide bonds. The highest BCUT2D eigenvalue weighted by molar-refractivity contribution is 7.89. The second-order valence-corrected chi connectivity index (χ2v) is 7.28. The van der Waals surface area contributed by atoms with E-state index in [1.807, 2.05) is 6.07 Å². The normalized spacial score (nSPS) is 10.8. The number of halogens is 1. The van der Waals surface area contributed by atoms with E-state index >= 15 is 0 Å². The minimum Gasteiger partial charge on any atom is -0.496 e. The summed E-state index contributed by atoms with van der Waals surface area (Å²) in [5, 5.41) is 9.14. The number of benzene rings is 2. The van der Waals surface area contributed by atoms with Gasteiger partial charge in [-0.3, -0.25) is 0 Å². The van der Waals surface area contributed by atoms with Crippen LogP contribution in [0.2, 0.25) is 5.02 Å². The van der Waals surface area contributed by atoms with E-state index in [1.54, 1.807) is 12.1 Å². The number of ether oxygens (including phenoxy) is 2. The number of nitriles is 1. The van der Waals surface area contributed by atoms with Crippen molar-refractivity contribution in [3.05, 3.63) is 58.1 Å². The first-order valence-electron chi connectivity index (χ1n) is 7.27. The molecule has 0 aromatic heterocycles. The molecule has 1 N–H and O–H groups in total. The molecule has 0 unspecified atom stereocenters. The molecule has 0 bridgehead atoms. The van der Waals surface area contributed by atoms with E-state index in [-0.39, 0.29) is 27.6 Å². The number of carbonyl (C=O) groups excluding carboxylic acids is 1. The van der Waals surface area contributed by atoms with Crippen LogP contribution in [0.4, 0.5) is 0 Å². The number of nitrogens with one attached hydrogen (secondary N) is 1. The molecule has 0 aliphatic heterocycles. The monoisotopic (exact) mass is 394 g/mol. The molecule has 0 saturated carbocycles. The third kappa shape index (κ3) is 4.32. The average Bonchev–Trinajstić information content (AvgIpc) is 2.65. The van der Waals surface area contributed by atoms with Crippen LogP contribution >= 0.6 is 11.6 Å². The summed E-state index contributed by atoms with van der Waals surface area (Å²) in [4.78, 5) is 11.7. The van der Waals surface area contributed by atoms with Crippen molar-refractivity contribution in [1.82, 2.24) is 4.72 Å². The molecule has 0 saturated heterocycles. The van der Waals surface area contributed by atoms with Crippen LogP contribution in [0.15, 0.2) is 41.3 Å². The van der Waals surface area contributed by atoms with Gasteiger partial charge in [0, 0.05) is 6.54 Å². The number of carbonyl (C=O) groups is 1. The maximum absolute atomic E-state index is 12.4. The minimum atomic E-state index is -3.87. The van der Waals surface area contributed by atoms with Gasteiger partial charge >= 0.3 is 5.97 Å². The molecule has 0 fully saturated rings. The standard InChI is InChI=1S/C17H15ClN2O5S/c1-24-16-6-3-11(7-14(16)17(21)25-2)10-20-26(22,23)13-4-5-15(18)12(8-13)9-19/h3-8,20H,10H2,1-2H3. The van der Waals surface area contributed by atoms with Gasteiger partial charge in [0.05, 0.1) is 29.7 Å².